The maximum atomic E-state index is 14.0. The summed E-state index contributed by atoms with van der Waals surface area (Å²) in [6.07, 6.45) is 1.68. The summed E-state index contributed by atoms with van der Waals surface area (Å²) < 4.78 is 28.3. The zero-order chi connectivity index (χ0) is 22.5. The van der Waals surface area contributed by atoms with E-state index in [0.717, 1.165) is 12.1 Å². The van der Waals surface area contributed by atoms with Gasteiger partial charge >= 0.3 is 0 Å². The van der Waals surface area contributed by atoms with Gasteiger partial charge in [0.2, 0.25) is 5.95 Å². The summed E-state index contributed by atoms with van der Waals surface area (Å²) in [5.74, 6) is -2.55. The summed E-state index contributed by atoms with van der Waals surface area (Å²) in [6, 6.07) is 4.19. The molecule has 0 bridgehead atoms. The quantitative estimate of drug-likeness (QED) is 0.474. The molecule has 0 fully saturated rings. The van der Waals surface area contributed by atoms with Crippen molar-refractivity contribution in [3.63, 3.8) is 0 Å². The lowest BCUT2D eigenvalue weighted by Crippen LogP contribution is -2.44. The van der Waals surface area contributed by atoms with E-state index < -0.39 is 41.0 Å². The highest BCUT2D eigenvalue weighted by Gasteiger charge is 2.42. The highest BCUT2D eigenvalue weighted by atomic mass is 19.1. The third-order valence-electron chi connectivity index (χ3n) is 5.57. The average molecular weight is 429 g/mol. The van der Waals surface area contributed by atoms with Crippen molar-refractivity contribution >= 4 is 11.7 Å². The molecule has 2 atom stereocenters. The summed E-state index contributed by atoms with van der Waals surface area (Å²) in [4.78, 5) is 16.5. The molecule has 0 aliphatic heterocycles. The number of aromatic nitrogens is 3. The Bertz CT molecular complexity index is 1160. The minimum Gasteiger partial charge on any atom is -0.505 e. The fourth-order valence-electron chi connectivity index (χ4n) is 4.13. The molecule has 8 nitrogen and oxygen atoms in total. The summed E-state index contributed by atoms with van der Waals surface area (Å²) >= 11 is 0. The van der Waals surface area contributed by atoms with E-state index in [-0.39, 0.29) is 17.8 Å². The van der Waals surface area contributed by atoms with Gasteiger partial charge in [0.15, 0.2) is 11.6 Å². The van der Waals surface area contributed by atoms with Crippen LogP contribution in [0.4, 0.5) is 14.6 Å². The molecule has 1 aromatic carbocycles. The fourth-order valence-corrected chi connectivity index (χ4v) is 4.13. The Labute approximate surface area is 176 Å². The van der Waals surface area contributed by atoms with E-state index in [1.807, 2.05) is 0 Å². The third kappa shape index (κ3) is 3.48. The number of fused-ring (bicyclic) bond motifs is 1. The molecule has 0 radical (unpaired) electrons. The van der Waals surface area contributed by atoms with Crippen LogP contribution >= 0.6 is 0 Å². The monoisotopic (exact) mass is 429 g/mol. The second-order valence-corrected chi connectivity index (χ2v) is 8.16. The lowest BCUT2D eigenvalue weighted by Gasteiger charge is -2.40. The molecule has 10 heteroatoms. The first kappa shape index (κ1) is 20.7. The Hall–Kier alpha value is -3.53. The Morgan fingerprint density at radius 3 is 2.68 bits per heavy atom. The number of nitrogens with zero attached hydrogens (tertiary/aromatic N) is 3. The standard InChI is InChI=1S/C21H21F2N5O3/c1-21(2)7-14(29)17(11-4-5-13(22)18(30)16(11)21)27-20(31)12-9-26-28(19(12)24)10-3-6-15(23)25-8-10/h3-6,8-9,14,17,29-30H,7,24H2,1-2H3,(H,27,31). The number of amides is 1. The van der Waals surface area contributed by atoms with Crippen molar-refractivity contribution in [2.45, 2.75) is 37.8 Å². The maximum absolute atomic E-state index is 14.0. The van der Waals surface area contributed by atoms with Crippen LogP contribution in [0.1, 0.15) is 47.8 Å². The van der Waals surface area contributed by atoms with Crippen molar-refractivity contribution in [3.05, 3.63) is 65.1 Å². The van der Waals surface area contributed by atoms with E-state index in [1.165, 1.54) is 29.2 Å². The molecule has 5 N–H and O–H groups in total. The molecule has 0 saturated heterocycles. The molecule has 2 heterocycles. The van der Waals surface area contributed by atoms with Gasteiger partial charge in [-0.25, -0.2) is 14.1 Å². The van der Waals surface area contributed by atoms with Gasteiger partial charge in [-0.3, -0.25) is 4.79 Å². The molecule has 2 unspecified atom stereocenters. The van der Waals surface area contributed by atoms with Crippen LogP contribution in [0.2, 0.25) is 0 Å². The number of halogens is 2. The summed E-state index contributed by atoms with van der Waals surface area (Å²) in [5.41, 5.74) is 6.51. The van der Waals surface area contributed by atoms with Crippen LogP contribution in [0.3, 0.4) is 0 Å². The summed E-state index contributed by atoms with van der Waals surface area (Å²) in [7, 11) is 0. The van der Waals surface area contributed by atoms with Crippen LogP contribution in [-0.4, -0.2) is 37.0 Å². The topological polar surface area (TPSA) is 126 Å². The number of hydrogen-bond donors (Lipinski definition) is 4. The number of anilines is 1. The van der Waals surface area contributed by atoms with Gasteiger partial charge in [-0.05, 0) is 35.6 Å². The number of rotatable bonds is 3. The molecule has 1 aliphatic rings. The predicted molar refractivity (Wildman–Crippen MR) is 108 cm³/mol. The number of nitrogen functional groups attached to an aromatic ring is 1. The van der Waals surface area contributed by atoms with Crippen molar-refractivity contribution in [2.75, 3.05) is 5.73 Å². The van der Waals surface area contributed by atoms with Gasteiger partial charge in [-0.2, -0.15) is 9.49 Å². The number of carbonyl (C=O) groups excluding carboxylic acids is 1. The van der Waals surface area contributed by atoms with Crippen LogP contribution in [0, 0.1) is 11.8 Å². The predicted octanol–water partition coefficient (Wildman–Crippen LogP) is 2.35. The van der Waals surface area contributed by atoms with Gasteiger partial charge in [0.05, 0.1) is 30.2 Å². The smallest absolute Gasteiger partial charge is 0.257 e. The molecule has 162 valence electrons. The number of aliphatic hydroxyl groups is 1. The van der Waals surface area contributed by atoms with E-state index in [0.29, 0.717) is 16.8 Å². The highest BCUT2D eigenvalue weighted by Crippen LogP contribution is 2.46. The molecule has 4 rings (SSSR count). The van der Waals surface area contributed by atoms with Crippen LogP contribution in [0.15, 0.2) is 36.7 Å². The zero-order valence-electron chi connectivity index (χ0n) is 16.8. The first-order chi connectivity index (χ1) is 14.6. The van der Waals surface area contributed by atoms with Crippen molar-refractivity contribution in [1.29, 1.82) is 0 Å². The molecule has 0 saturated carbocycles. The molecular weight excluding hydrogens is 408 g/mol. The molecular formula is C21H21F2N5O3. The first-order valence-corrected chi connectivity index (χ1v) is 9.56. The minimum absolute atomic E-state index is 0.00119. The van der Waals surface area contributed by atoms with E-state index in [9.17, 15) is 23.8 Å². The summed E-state index contributed by atoms with van der Waals surface area (Å²) in [5, 5.41) is 27.8. The van der Waals surface area contributed by atoms with Crippen molar-refractivity contribution in [1.82, 2.24) is 20.1 Å². The number of aliphatic hydroxyl groups excluding tert-OH is 1. The average Bonchev–Trinajstić information content (AvgIpc) is 3.08. The second kappa shape index (κ2) is 7.31. The van der Waals surface area contributed by atoms with Crippen LogP contribution in [0.25, 0.3) is 5.69 Å². The van der Waals surface area contributed by atoms with E-state index in [2.05, 4.69) is 15.4 Å². The third-order valence-corrected chi connectivity index (χ3v) is 5.57. The number of nitrogens with two attached hydrogens (primary N) is 1. The number of carbonyl (C=O) groups is 1. The number of pyridine rings is 1. The van der Waals surface area contributed by atoms with E-state index in [4.69, 9.17) is 5.73 Å². The van der Waals surface area contributed by atoms with Crippen molar-refractivity contribution < 1.29 is 23.8 Å². The number of aromatic hydroxyl groups is 1. The molecule has 1 aliphatic carbocycles. The van der Waals surface area contributed by atoms with Crippen molar-refractivity contribution in [2.24, 2.45) is 0 Å². The molecule has 31 heavy (non-hydrogen) atoms. The number of nitrogens with one attached hydrogen (secondary N) is 1. The van der Waals surface area contributed by atoms with Gasteiger partial charge in [0.25, 0.3) is 5.91 Å². The Kier molecular flexibility index (Phi) is 4.89. The van der Waals surface area contributed by atoms with Gasteiger partial charge < -0.3 is 21.3 Å². The maximum Gasteiger partial charge on any atom is 0.257 e. The Morgan fingerprint density at radius 1 is 1.26 bits per heavy atom. The fraction of sp³-hybridized carbons (Fsp3) is 0.286. The highest BCUT2D eigenvalue weighted by molar-refractivity contribution is 5.98. The van der Waals surface area contributed by atoms with Crippen molar-refractivity contribution in [3.8, 4) is 11.4 Å². The normalized spacial score (nSPS) is 19.6. The Balaban J connectivity index is 1.67. The van der Waals surface area contributed by atoms with Gasteiger partial charge in [-0.1, -0.05) is 19.9 Å². The summed E-state index contributed by atoms with van der Waals surface area (Å²) in [6.45, 7) is 3.57. The second-order valence-electron chi connectivity index (χ2n) is 8.16. The number of phenolic OH excluding ortho intramolecular Hbond substituents is 1. The first-order valence-electron chi connectivity index (χ1n) is 9.56. The molecule has 1 amide bonds. The van der Waals surface area contributed by atoms with Crippen LogP contribution < -0.4 is 11.1 Å². The van der Waals surface area contributed by atoms with Crippen LogP contribution in [0.5, 0.6) is 5.75 Å². The largest absolute Gasteiger partial charge is 0.505 e. The van der Waals surface area contributed by atoms with Gasteiger partial charge in [0, 0.05) is 5.56 Å². The SMILES string of the molecule is CC1(C)CC(O)C(NC(=O)c2cnn(-c3ccc(F)nc3)c2N)c2ccc(F)c(O)c21. The molecule has 0 spiro atoms. The zero-order valence-corrected chi connectivity index (χ0v) is 16.8. The minimum atomic E-state index is -0.978. The molecule has 3 aromatic rings. The van der Waals surface area contributed by atoms with E-state index in [1.54, 1.807) is 13.8 Å². The van der Waals surface area contributed by atoms with E-state index >= 15 is 0 Å². The molecule has 2 aromatic heterocycles. The lowest BCUT2D eigenvalue weighted by atomic mass is 9.69. The van der Waals surface area contributed by atoms with Gasteiger partial charge in [0.1, 0.15) is 11.4 Å². The number of phenols is 1. The van der Waals surface area contributed by atoms with Crippen LogP contribution in [-0.2, 0) is 5.41 Å². The number of benzene rings is 1. The van der Waals surface area contributed by atoms with Gasteiger partial charge in [-0.15, -0.1) is 0 Å². The Morgan fingerprint density at radius 2 is 2.00 bits per heavy atom. The number of hydrogen-bond acceptors (Lipinski definition) is 6. The lowest BCUT2D eigenvalue weighted by molar-refractivity contribution is 0.0682.